The summed E-state index contributed by atoms with van der Waals surface area (Å²) in [4.78, 5) is 23.5. The van der Waals surface area contributed by atoms with Crippen LogP contribution in [0.5, 0.6) is 0 Å². The molecule has 2 rings (SSSR count). The molecule has 0 saturated carbocycles. The van der Waals surface area contributed by atoms with Crippen LogP contribution < -0.4 is 10.6 Å². The van der Waals surface area contributed by atoms with Crippen LogP contribution in [-0.4, -0.2) is 42.6 Å². The van der Waals surface area contributed by atoms with Crippen LogP contribution in [0.4, 0.5) is 5.69 Å². The molecule has 1 aliphatic rings. The van der Waals surface area contributed by atoms with Crippen molar-refractivity contribution in [3.05, 3.63) is 29.8 Å². The highest BCUT2D eigenvalue weighted by atomic mass is 32.2. The molecule has 0 spiro atoms. The van der Waals surface area contributed by atoms with E-state index in [0.29, 0.717) is 17.9 Å². The molecule has 20 heavy (non-hydrogen) atoms. The summed E-state index contributed by atoms with van der Waals surface area (Å²) in [7, 11) is 0. The molecule has 108 valence electrons. The fourth-order valence-electron chi connectivity index (χ4n) is 1.87. The lowest BCUT2D eigenvalue weighted by molar-refractivity contribution is -0.117. The Labute approximate surface area is 122 Å². The van der Waals surface area contributed by atoms with E-state index in [2.05, 4.69) is 10.6 Å². The van der Waals surface area contributed by atoms with Gasteiger partial charge in [0.05, 0.1) is 18.2 Å². The first-order chi connectivity index (χ1) is 9.70. The number of rotatable bonds is 4. The molecule has 2 N–H and O–H groups in total. The number of benzene rings is 1. The van der Waals surface area contributed by atoms with Gasteiger partial charge in [0, 0.05) is 23.7 Å². The molecule has 0 aromatic heterocycles. The van der Waals surface area contributed by atoms with Crippen molar-refractivity contribution < 1.29 is 14.3 Å². The van der Waals surface area contributed by atoms with E-state index >= 15 is 0 Å². The molecule has 1 aliphatic heterocycles. The van der Waals surface area contributed by atoms with Crippen LogP contribution >= 0.6 is 11.8 Å². The van der Waals surface area contributed by atoms with Gasteiger partial charge in [-0.1, -0.05) is 0 Å². The summed E-state index contributed by atoms with van der Waals surface area (Å²) in [5.74, 6) is 1.43. The smallest absolute Gasteiger partial charge is 0.338 e. The maximum Gasteiger partial charge on any atom is 0.338 e. The van der Waals surface area contributed by atoms with Crippen LogP contribution in [0.1, 0.15) is 17.3 Å². The number of ether oxygens (including phenoxy) is 1. The van der Waals surface area contributed by atoms with Crippen molar-refractivity contribution in [1.29, 1.82) is 0 Å². The van der Waals surface area contributed by atoms with Gasteiger partial charge in [0.2, 0.25) is 5.91 Å². The lowest BCUT2D eigenvalue weighted by Gasteiger charge is -2.22. The second-order valence-corrected chi connectivity index (χ2v) is 5.52. The highest BCUT2D eigenvalue weighted by Gasteiger charge is 2.20. The standard InChI is InChI=1S/C14H18N2O3S/c1-2-19-14(18)10-3-5-11(6-4-10)16-13(17)12-9-20-8-7-15-12/h3-6,12,15H,2,7-9H2,1H3,(H,16,17). The van der Waals surface area contributed by atoms with Crippen molar-refractivity contribution in [2.24, 2.45) is 0 Å². The number of carbonyl (C=O) groups is 2. The van der Waals surface area contributed by atoms with Crippen molar-refractivity contribution in [1.82, 2.24) is 5.32 Å². The Kier molecular flexibility index (Phi) is 5.43. The molecule has 1 fully saturated rings. The van der Waals surface area contributed by atoms with Crippen molar-refractivity contribution in [2.75, 3.05) is 30.0 Å². The lowest BCUT2D eigenvalue weighted by Crippen LogP contribution is -2.46. The Morgan fingerprint density at radius 2 is 2.15 bits per heavy atom. The van der Waals surface area contributed by atoms with E-state index in [0.717, 1.165) is 18.1 Å². The number of hydrogen-bond donors (Lipinski definition) is 2. The Morgan fingerprint density at radius 3 is 2.75 bits per heavy atom. The summed E-state index contributed by atoms with van der Waals surface area (Å²) in [6.07, 6.45) is 0. The topological polar surface area (TPSA) is 67.4 Å². The summed E-state index contributed by atoms with van der Waals surface area (Å²) in [6.45, 7) is 2.97. The average Bonchev–Trinajstić information content (AvgIpc) is 2.49. The van der Waals surface area contributed by atoms with Gasteiger partial charge in [0.15, 0.2) is 0 Å². The monoisotopic (exact) mass is 294 g/mol. The number of esters is 1. The van der Waals surface area contributed by atoms with Gasteiger partial charge >= 0.3 is 5.97 Å². The molecule has 1 heterocycles. The number of amides is 1. The quantitative estimate of drug-likeness (QED) is 0.824. The van der Waals surface area contributed by atoms with Gasteiger partial charge in [0.1, 0.15) is 0 Å². The maximum absolute atomic E-state index is 12.0. The average molecular weight is 294 g/mol. The first-order valence-electron chi connectivity index (χ1n) is 6.60. The van der Waals surface area contributed by atoms with Crippen LogP contribution in [0.3, 0.4) is 0 Å². The minimum absolute atomic E-state index is 0.0407. The highest BCUT2D eigenvalue weighted by molar-refractivity contribution is 7.99. The SMILES string of the molecule is CCOC(=O)c1ccc(NC(=O)C2CSCCN2)cc1. The Balaban J connectivity index is 1.92. The van der Waals surface area contributed by atoms with Crippen LogP contribution in [0.15, 0.2) is 24.3 Å². The van der Waals surface area contributed by atoms with E-state index < -0.39 is 0 Å². The summed E-state index contributed by atoms with van der Waals surface area (Å²) in [5, 5.41) is 6.02. The molecule has 0 radical (unpaired) electrons. The molecular weight excluding hydrogens is 276 g/mol. The van der Waals surface area contributed by atoms with Gasteiger partial charge < -0.3 is 15.4 Å². The lowest BCUT2D eigenvalue weighted by atomic mass is 10.2. The minimum Gasteiger partial charge on any atom is -0.462 e. The third-order valence-electron chi connectivity index (χ3n) is 2.90. The number of carbonyl (C=O) groups excluding carboxylic acids is 2. The first-order valence-corrected chi connectivity index (χ1v) is 7.75. The van der Waals surface area contributed by atoms with Gasteiger partial charge in [0.25, 0.3) is 0 Å². The molecule has 6 heteroatoms. The Hall–Kier alpha value is -1.53. The number of hydrogen-bond acceptors (Lipinski definition) is 5. The van der Waals surface area contributed by atoms with Crippen molar-refractivity contribution in [3.63, 3.8) is 0 Å². The summed E-state index contributed by atoms with van der Waals surface area (Å²) in [6, 6.07) is 6.56. The fourth-order valence-corrected chi connectivity index (χ4v) is 2.80. The third-order valence-corrected chi connectivity index (χ3v) is 3.96. The van der Waals surface area contributed by atoms with Gasteiger partial charge in [-0.15, -0.1) is 0 Å². The van der Waals surface area contributed by atoms with E-state index in [1.165, 1.54) is 0 Å². The normalized spacial score (nSPS) is 18.4. The third kappa shape index (κ3) is 3.98. The molecule has 1 atom stereocenters. The van der Waals surface area contributed by atoms with E-state index in [-0.39, 0.29) is 17.9 Å². The first kappa shape index (κ1) is 14.9. The summed E-state index contributed by atoms with van der Waals surface area (Å²) in [5.41, 5.74) is 1.16. The Morgan fingerprint density at radius 1 is 1.40 bits per heavy atom. The second-order valence-electron chi connectivity index (χ2n) is 4.37. The van der Waals surface area contributed by atoms with Crippen LogP contribution in [0.2, 0.25) is 0 Å². The zero-order valence-corrected chi connectivity index (χ0v) is 12.2. The van der Waals surface area contributed by atoms with Gasteiger partial charge in [-0.05, 0) is 31.2 Å². The maximum atomic E-state index is 12.0. The molecule has 1 saturated heterocycles. The van der Waals surface area contributed by atoms with Crippen LogP contribution in [0, 0.1) is 0 Å². The number of thioether (sulfide) groups is 1. The molecule has 1 amide bonds. The predicted molar refractivity (Wildman–Crippen MR) is 80.1 cm³/mol. The van der Waals surface area contributed by atoms with E-state index in [4.69, 9.17) is 4.74 Å². The molecule has 0 aliphatic carbocycles. The minimum atomic E-state index is -0.351. The zero-order valence-electron chi connectivity index (χ0n) is 11.3. The van der Waals surface area contributed by atoms with Gasteiger partial charge in [-0.3, -0.25) is 4.79 Å². The van der Waals surface area contributed by atoms with Crippen LogP contribution in [-0.2, 0) is 9.53 Å². The van der Waals surface area contributed by atoms with Gasteiger partial charge in [-0.2, -0.15) is 11.8 Å². The zero-order chi connectivity index (χ0) is 14.4. The van der Waals surface area contributed by atoms with E-state index in [9.17, 15) is 9.59 Å². The Bertz CT molecular complexity index is 470. The second kappa shape index (κ2) is 7.31. The van der Waals surface area contributed by atoms with Crippen LogP contribution in [0.25, 0.3) is 0 Å². The van der Waals surface area contributed by atoms with Gasteiger partial charge in [-0.25, -0.2) is 4.79 Å². The number of anilines is 1. The predicted octanol–water partition coefficient (Wildman–Crippen LogP) is 1.51. The molecule has 1 aromatic rings. The van der Waals surface area contributed by atoms with Crippen molar-refractivity contribution in [2.45, 2.75) is 13.0 Å². The van der Waals surface area contributed by atoms with Crippen molar-refractivity contribution >= 4 is 29.3 Å². The van der Waals surface area contributed by atoms with E-state index in [1.54, 1.807) is 43.0 Å². The largest absolute Gasteiger partial charge is 0.462 e. The summed E-state index contributed by atoms with van der Waals surface area (Å²) < 4.78 is 4.91. The molecule has 1 aromatic carbocycles. The fraction of sp³-hybridized carbons (Fsp3) is 0.429. The molecule has 5 nitrogen and oxygen atoms in total. The molecule has 0 bridgehead atoms. The summed E-state index contributed by atoms with van der Waals surface area (Å²) >= 11 is 1.77. The van der Waals surface area contributed by atoms with Crippen molar-refractivity contribution in [3.8, 4) is 0 Å². The molecule has 1 unspecified atom stereocenters. The molecular formula is C14H18N2O3S. The highest BCUT2D eigenvalue weighted by Crippen LogP contribution is 2.13. The van der Waals surface area contributed by atoms with E-state index in [1.807, 2.05) is 0 Å². The number of nitrogens with one attached hydrogen (secondary N) is 2.